The predicted molar refractivity (Wildman–Crippen MR) is 27.3 cm³/mol. The Morgan fingerprint density at radius 2 is 1.91 bits per heavy atom. The van der Waals surface area contributed by atoms with Gasteiger partial charge in [-0.15, -0.1) is 0 Å². The van der Waals surface area contributed by atoms with Crippen molar-refractivity contribution >= 4 is 5.97 Å². The molecule has 6 heteroatoms. The van der Waals surface area contributed by atoms with Crippen LogP contribution >= 0.6 is 0 Å². The third-order valence-corrected chi connectivity index (χ3v) is 0.820. The van der Waals surface area contributed by atoms with Crippen molar-refractivity contribution in [3.63, 3.8) is 0 Å². The van der Waals surface area contributed by atoms with Gasteiger partial charge in [-0.3, -0.25) is 0 Å². The highest BCUT2D eigenvalue weighted by Crippen LogP contribution is 2.26. The number of halogens is 4. The smallest absolute Gasteiger partial charge is 0.425 e. The molecule has 0 aromatic heterocycles. The van der Waals surface area contributed by atoms with Crippen LogP contribution < -0.4 is 0 Å². The first kappa shape index (κ1) is 9.93. The molecule has 0 aromatic carbocycles. The molecule has 0 aliphatic carbocycles. The quantitative estimate of drug-likeness (QED) is 0.341. The summed E-state index contributed by atoms with van der Waals surface area (Å²) in [5.74, 6) is -1.74. The average Bonchev–Trinajstić information content (AvgIpc) is 1.86. The van der Waals surface area contributed by atoms with Gasteiger partial charge in [0.05, 0.1) is 7.11 Å². The molecule has 0 heterocycles. The largest absolute Gasteiger partial charge is 0.465 e. The standard InChI is InChI=1S/C5H4F4O2/c1-11-4(10)3(2-6)5(7,8)9/h2H,1H3/b3-2-. The van der Waals surface area contributed by atoms with Gasteiger partial charge in [0.1, 0.15) is 6.33 Å². The molecule has 2 nitrogen and oxygen atoms in total. The van der Waals surface area contributed by atoms with Crippen LogP contribution in [0.4, 0.5) is 17.6 Å². The van der Waals surface area contributed by atoms with Gasteiger partial charge in [0.25, 0.3) is 0 Å². The number of rotatable bonds is 1. The monoisotopic (exact) mass is 172 g/mol. The van der Waals surface area contributed by atoms with Gasteiger partial charge in [0.15, 0.2) is 5.57 Å². The van der Waals surface area contributed by atoms with Crippen LogP contribution in [0.2, 0.25) is 0 Å². The summed E-state index contributed by atoms with van der Waals surface area (Å²) in [6.45, 7) is 0. The van der Waals surface area contributed by atoms with Crippen molar-refractivity contribution in [1.29, 1.82) is 0 Å². The second kappa shape index (κ2) is 3.36. The van der Waals surface area contributed by atoms with Gasteiger partial charge in [-0.05, 0) is 0 Å². The van der Waals surface area contributed by atoms with Crippen LogP contribution in [-0.2, 0) is 9.53 Å². The summed E-state index contributed by atoms with van der Waals surface area (Å²) in [5.41, 5.74) is -1.94. The normalized spacial score (nSPS) is 13.0. The highest BCUT2D eigenvalue weighted by molar-refractivity contribution is 5.89. The minimum atomic E-state index is -5.00. The first-order chi connectivity index (χ1) is 4.93. The van der Waals surface area contributed by atoms with E-state index in [0.29, 0.717) is 0 Å². The summed E-state index contributed by atoms with van der Waals surface area (Å²) in [6.07, 6.45) is -5.83. The number of carbonyl (C=O) groups excluding carboxylic acids is 1. The minimum Gasteiger partial charge on any atom is -0.465 e. The second-order valence-corrected chi connectivity index (χ2v) is 1.51. The summed E-state index contributed by atoms with van der Waals surface area (Å²) in [6, 6.07) is 0. The van der Waals surface area contributed by atoms with E-state index in [1.54, 1.807) is 0 Å². The van der Waals surface area contributed by atoms with E-state index in [2.05, 4.69) is 4.74 Å². The van der Waals surface area contributed by atoms with Crippen LogP contribution in [0.3, 0.4) is 0 Å². The second-order valence-electron chi connectivity index (χ2n) is 1.51. The summed E-state index contributed by atoms with van der Waals surface area (Å²) < 4.78 is 49.7. The van der Waals surface area contributed by atoms with E-state index in [9.17, 15) is 22.4 Å². The van der Waals surface area contributed by atoms with Crippen molar-refractivity contribution in [3.05, 3.63) is 11.9 Å². The lowest BCUT2D eigenvalue weighted by Gasteiger charge is -2.06. The van der Waals surface area contributed by atoms with Gasteiger partial charge in [-0.25, -0.2) is 9.18 Å². The lowest BCUT2D eigenvalue weighted by Crippen LogP contribution is -2.20. The molecule has 0 saturated carbocycles. The molecule has 0 aliphatic rings. The molecule has 0 aliphatic heterocycles. The third-order valence-electron chi connectivity index (χ3n) is 0.820. The maximum absolute atomic E-state index is 11.5. The molecule has 64 valence electrons. The fraction of sp³-hybridized carbons (Fsp3) is 0.400. The number of ether oxygens (including phenoxy) is 1. The average molecular weight is 172 g/mol. The van der Waals surface area contributed by atoms with E-state index in [0.717, 1.165) is 7.11 Å². The predicted octanol–water partition coefficient (Wildman–Crippen LogP) is 1.58. The number of esters is 1. The van der Waals surface area contributed by atoms with E-state index < -0.39 is 24.0 Å². The highest BCUT2D eigenvalue weighted by atomic mass is 19.4. The zero-order valence-electron chi connectivity index (χ0n) is 5.41. The van der Waals surface area contributed by atoms with Crippen molar-refractivity contribution in [3.8, 4) is 0 Å². The molecule has 0 rings (SSSR count). The lowest BCUT2D eigenvalue weighted by atomic mass is 10.3. The molecule has 0 atom stereocenters. The Kier molecular flexibility index (Phi) is 3.03. The van der Waals surface area contributed by atoms with E-state index >= 15 is 0 Å². The van der Waals surface area contributed by atoms with Gasteiger partial charge in [-0.1, -0.05) is 0 Å². The molecular weight excluding hydrogens is 168 g/mol. The number of alkyl halides is 3. The van der Waals surface area contributed by atoms with Crippen molar-refractivity contribution in [2.24, 2.45) is 0 Å². The summed E-state index contributed by atoms with van der Waals surface area (Å²) in [5, 5.41) is 0. The number of carbonyl (C=O) groups is 1. The zero-order valence-corrected chi connectivity index (χ0v) is 5.41. The van der Waals surface area contributed by atoms with E-state index in [-0.39, 0.29) is 0 Å². The van der Waals surface area contributed by atoms with Crippen molar-refractivity contribution in [1.82, 2.24) is 0 Å². The molecule has 0 fully saturated rings. The van der Waals surface area contributed by atoms with Crippen molar-refractivity contribution in [2.75, 3.05) is 7.11 Å². The Balaban J connectivity index is 4.58. The van der Waals surface area contributed by atoms with E-state index in [1.807, 2.05) is 0 Å². The van der Waals surface area contributed by atoms with Gasteiger partial charge in [0, 0.05) is 0 Å². The Bertz CT molecular complexity index is 181. The first-order valence-electron chi connectivity index (χ1n) is 2.39. The van der Waals surface area contributed by atoms with Crippen LogP contribution in [0.1, 0.15) is 0 Å². The minimum absolute atomic E-state index is 0.734. The van der Waals surface area contributed by atoms with Crippen LogP contribution in [0, 0.1) is 0 Å². The molecule has 0 spiro atoms. The number of hydrogen-bond donors (Lipinski definition) is 0. The van der Waals surface area contributed by atoms with Gasteiger partial charge in [0.2, 0.25) is 0 Å². The Morgan fingerprint density at radius 1 is 1.45 bits per heavy atom. The zero-order chi connectivity index (χ0) is 9.07. The topological polar surface area (TPSA) is 26.3 Å². The number of hydrogen-bond acceptors (Lipinski definition) is 2. The Labute approximate surface area is 59.4 Å². The molecular formula is C5H4F4O2. The maximum atomic E-state index is 11.5. The van der Waals surface area contributed by atoms with Crippen molar-refractivity contribution < 1.29 is 27.1 Å². The number of methoxy groups -OCH3 is 1. The maximum Gasteiger partial charge on any atom is 0.425 e. The van der Waals surface area contributed by atoms with E-state index in [4.69, 9.17) is 0 Å². The molecule has 0 N–H and O–H groups in total. The summed E-state index contributed by atoms with van der Waals surface area (Å²) >= 11 is 0. The van der Waals surface area contributed by atoms with Crippen molar-refractivity contribution in [2.45, 2.75) is 6.18 Å². The van der Waals surface area contributed by atoms with Crippen LogP contribution in [0.15, 0.2) is 11.9 Å². The molecule has 11 heavy (non-hydrogen) atoms. The SMILES string of the molecule is COC(=O)/C(=C/F)C(F)(F)F. The van der Waals surface area contributed by atoms with Crippen LogP contribution in [-0.4, -0.2) is 19.3 Å². The van der Waals surface area contributed by atoms with Gasteiger partial charge in [-0.2, -0.15) is 13.2 Å². The highest BCUT2D eigenvalue weighted by Gasteiger charge is 2.39. The molecule has 0 saturated heterocycles. The van der Waals surface area contributed by atoms with Gasteiger partial charge >= 0.3 is 12.1 Å². The Hall–Kier alpha value is -1.07. The third kappa shape index (κ3) is 2.57. The van der Waals surface area contributed by atoms with E-state index in [1.165, 1.54) is 0 Å². The fourth-order valence-corrected chi connectivity index (χ4v) is 0.332. The Morgan fingerprint density at radius 3 is 2.00 bits per heavy atom. The lowest BCUT2D eigenvalue weighted by molar-refractivity contribution is -0.148. The van der Waals surface area contributed by atoms with Crippen LogP contribution in [0.5, 0.6) is 0 Å². The molecule has 0 unspecified atom stereocenters. The summed E-state index contributed by atoms with van der Waals surface area (Å²) in [4.78, 5) is 10.1. The first-order valence-corrected chi connectivity index (χ1v) is 2.39. The van der Waals surface area contributed by atoms with Crippen LogP contribution in [0.25, 0.3) is 0 Å². The molecule has 0 bridgehead atoms. The molecule has 0 radical (unpaired) electrons. The molecule has 0 aromatic rings. The fourth-order valence-electron chi connectivity index (χ4n) is 0.332. The molecule has 0 amide bonds. The summed E-state index contributed by atoms with van der Waals surface area (Å²) in [7, 11) is 0.734. The van der Waals surface area contributed by atoms with Gasteiger partial charge < -0.3 is 4.74 Å².